The maximum atomic E-state index is 6.24. The molecule has 0 saturated heterocycles. The number of halogens is 2. The van der Waals surface area contributed by atoms with Crippen LogP contribution in [0.3, 0.4) is 0 Å². The maximum absolute atomic E-state index is 6.24. The maximum Gasteiger partial charge on any atom is 0.0453 e. The molecule has 1 rings (SSSR count). The lowest BCUT2D eigenvalue weighted by molar-refractivity contribution is 0.284. The van der Waals surface area contributed by atoms with Crippen LogP contribution in [-0.2, 0) is 6.54 Å². The highest BCUT2D eigenvalue weighted by atomic mass is 79.9. The van der Waals surface area contributed by atoms with Gasteiger partial charge in [0.1, 0.15) is 0 Å². The fourth-order valence-corrected chi connectivity index (χ4v) is 2.52. The molecule has 1 aromatic carbocycles. The van der Waals surface area contributed by atoms with Crippen molar-refractivity contribution in [2.24, 2.45) is 0 Å². The minimum absolute atomic E-state index is 0.885. The second-order valence-corrected chi connectivity index (χ2v) is 5.26. The van der Waals surface area contributed by atoms with Crippen molar-refractivity contribution in [2.45, 2.75) is 26.8 Å². The first-order valence-electron chi connectivity index (χ1n) is 5.70. The predicted molar refractivity (Wildman–Crippen MR) is 75.6 cm³/mol. The number of nitrogens with zero attached hydrogens (tertiary/aromatic N) is 1. The van der Waals surface area contributed by atoms with E-state index >= 15 is 0 Å². The molecule has 3 heteroatoms. The third-order valence-corrected chi connectivity index (χ3v) is 3.25. The van der Waals surface area contributed by atoms with Crippen LogP contribution in [0.4, 0.5) is 0 Å². The molecule has 0 spiro atoms. The Balaban J connectivity index is 2.68. The topological polar surface area (TPSA) is 3.24 Å². The third-order valence-electron chi connectivity index (χ3n) is 2.54. The summed E-state index contributed by atoms with van der Waals surface area (Å²) in [5.74, 6) is 0. The van der Waals surface area contributed by atoms with E-state index in [0.717, 1.165) is 30.0 Å². The van der Waals surface area contributed by atoms with Crippen LogP contribution < -0.4 is 0 Å². The van der Waals surface area contributed by atoms with E-state index in [2.05, 4.69) is 46.8 Å². The van der Waals surface area contributed by atoms with Gasteiger partial charge in [-0.15, -0.1) is 0 Å². The number of benzene rings is 1. The lowest BCUT2D eigenvalue weighted by atomic mass is 10.1. The molecule has 0 aliphatic carbocycles. The first-order valence-corrected chi connectivity index (χ1v) is 7.20. The molecule has 90 valence electrons. The molecule has 0 aliphatic heterocycles. The van der Waals surface area contributed by atoms with Crippen molar-refractivity contribution in [3.05, 3.63) is 34.3 Å². The van der Waals surface area contributed by atoms with Gasteiger partial charge in [-0.2, -0.15) is 0 Å². The first kappa shape index (κ1) is 14.0. The Morgan fingerprint density at radius 3 is 2.62 bits per heavy atom. The third kappa shape index (κ3) is 4.44. The van der Waals surface area contributed by atoms with E-state index in [9.17, 15) is 0 Å². The van der Waals surface area contributed by atoms with Crippen molar-refractivity contribution >= 4 is 27.5 Å². The highest BCUT2D eigenvalue weighted by molar-refractivity contribution is 9.09. The van der Waals surface area contributed by atoms with Gasteiger partial charge in [-0.25, -0.2) is 0 Å². The minimum Gasteiger partial charge on any atom is -0.298 e. The number of hydrogen-bond donors (Lipinski definition) is 0. The highest BCUT2D eigenvalue weighted by Crippen LogP contribution is 2.19. The van der Waals surface area contributed by atoms with Gasteiger partial charge >= 0.3 is 0 Å². The molecule has 0 radical (unpaired) electrons. The Morgan fingerprint density at radius 2 is 2.06 bits per heavy atom. The zero-order valence-corrected chi connectivity index (χ0v) is 12.3. The molecule has 1 aromatic rings. The normalized spacial score (nSPS) is 11.1. The van der Waals surface area contributed by atoms with Gasteiger partial charge in [-0.05, 0) is 37.1 Å². The van der Waals surface area contributed by atoms with Crippen molar-refractivity contribution in [1.82, 2.24) is 4.90 Å². The molecule has 0 amide bonds. The monoisotopic (exact) mass is 303 g/mol. The molecule has 0 fully saturated rings. The van der Waals surface area contributed by atoms with Gasteiger partial charge in [0, 0.05) is 23.4 Å². The standard InChI is InChI=1S/C13H19BrClN/c1-3-7-16(8-6-14)10-12-5-4-11(2)9-13(12)15/h4-5,9H,3,6-8,10H2,1-2H3. The van der Waals surface area contributed by atoms with Crippen LogP contribution >= 0.6 is 27.5 Å². The molecule has 0 aliphatic rings. The van der Waals surface area contributed by atoms with Gasteiger partial charge < -0.3 is 0 Å². The van der Waals surface area contributed by atoms with Crippen LogP contribution in [0.15, 0.2) is 18.2 Å². The Hall–Kier alpha value is -0.0500. The van der Waals surface area contributed by atoms with E-state index in [1.54, 1.807) is 0 Å². The van der Waals surface area contributed by atoms with E-state index in [-0.39, 0.29) is 0 Å². The van der Waals surface area contributed by atoms with Crippen LogP contribution in [0.1, 0.15) is 24.5 Å². The van der Waals surface area contributed by atoms with Gasteiger partial charge in [0.05, 0.1) is 0 Å². The van der Waals surface area contributed by atoms with E-state index < -0.39 is 0 Å². The summed E-state index contributed by atoms with van der Waals surface area (Å²) >= 11 is 9.72. The van der Waals surface area contributed by atoms with Crippen molar-refractivity contribution in [2.75, 3.05) is 18.4 Å². The molecule has 0 N–H and O–H groups in total. The molecule has 0 aromatic heterocycles. The number of aryl methyl sites for hydroxylation is 1. The summed E-state index contributed by atoms with van der Waals surface area (Å²) in [6.45, 7) is 7.41. The number of rotatable bonds is 6. The fraction of sp³-hybridized carbons (Fsp3) is 0.538. The van der Waals surface area contributed by atoms with Gasteiger partial charge in [0.15, 0.2) is 0 Å². The fourth-order valence-electron chi connectivity index (χ4n) is 1.73. The van der Waals surface area contributed by atoms with Crippen LogP contribution in [0.25, 0.3) is 0 Å². The molecular weight excluding hydrogens is 286 g/mol. The average Bonchev–Trinajstić information content (AvgIpc) is 2.23. The Kier molecular flexibility index (Phi) is 6.40. The van der Waals surface area contributed by atoms with Crippen LogP contribution in [0.2, 0.25) is 5.02 Å². The molecule has 0 bridgehead atoms. The van der Waals surface area contributed by atoms with Crippen molar-refractivity contribution in [3.8, 4) is 0 Å². The van der Waals surface area contributed by atoms with Crippen molar-refractivity contribution < 1.29 is 0 Å². The quantitative estimate of drug-likeness (QED) is 0.710. The molecule has 0 unspecified atom stereocenters. The summed E-state index contributed by atoms with van der Waals surface area (Å²) in [5.41, 5.74) is 2.44. The van der Waals surface area contributed by atoms with Crippen LogP contribution in [-0.4, -0.2) is 23.3 Å². The smallest absolute Gasteiger partial charge is 0.0453 e. The van der Waals surface area contributed by atoms with E-state index in [1.807, 2.05) is 6.07 Å². The number of alkyl halides is 1. The van der Waals surface area contributed by atoms with E-state index in [1.165, 1.54) is 17.5 Å². The second-order valence-electron chi connectivity index (χ2n) is 4.06. The predicted octanol–water partition coefficient (Wildman–Crippen LogP) is 4.26. The van der Waals surface area contributed by atoms with Crippen molar-refractivity contribution in [1.29, 1.82) is 0 Å². The Bertz CT molecular complexity index is 322. The SMILES string of the molecule is CCCN(CCBr)Cc1ccc(C)cc1Cl. The van der Waals surface area contributed by atoms with Gasteiger partial charge in [0.25, 0.3) is 0 Å². The lowest BCUT2D eigenvalue weighted by Crippen LogP contribution is -2.26. The van der Waals surface area contributed by atoms with E-state index in [0.29, 0.717) is 0 Å². The zero-order chi connectivity index (χ0) is 12.0. The summed E-state index contributed by atoms with van der Waals surface area (Å²) in [6, 6.07) is 6.29. The second kappa shape index (κ2) is 7.31. The molecule has 1 nitrogen and oxygen atoms in total. The highest BCUT2D eigenvalue weighted by Gasteiger charge is 2.07. The molecule has 16 heavy (non-hydrogen) atoms. The Labute approximate surface area is 112 Å². The van der Waals surface area contributed by atoms with Gasteiger partial charge in [-0.3, -0.25) is 4.90 Å². The van der Waals surface area contributed by atoms with Gasteiger partial charge in [0.2, 0.25) is 0 Å². The summed E-state index contributed by atoms with van der Waals surface area (Å²) in [7, 11) is 0. The molecule has 0 heterocycles. The Morgan fingerprint density at radius 1 is 1.31 bits per heavy atom. The van der Waals surface area contributed by atoms with Gasteiger partial charge in [-0.1, -0.05) is 46.6 Å². The number of hydrogen-bond acceptors (Lipinski definition) is 1. The zero-order valence-electron chi connectivity index (χ0n) is 9.97. The molecule has 0 saturated carbocycles. The summed E-state index contributed by atoms with van der Waals surface area (Å²) < 4.78 is 0. The lowest BCUT2D eigenvalue weighted by Gasteiger charge is -2.21. The molecular formula is C13H19BrClN. The van der Waals surface area contributed by atoms with E-state index in [4.69, 9.17) is 11.6 Å². The van der Waals surface area contributed by atoms with Crippen molar-refractivity contribution in [3.63, 3.8) is 0 Å². The summed E-state index contributed by atoms with van der Waals surface area (Å²) in [4.78, 5) is 2.42. The molecule has 0 atom stereocenters. The minimum atomic E-state index is 0.885. The average molecular weight is 305 g/mol. The van der Waals surface area contributed by atoms with Crippen LogP contribution in [0, 0.1) is 6.92 Å². The summed E-state index contributed by atoms with van der Waals surface area (Å²) in [5, 5.41) is 1.90. The summed E-state index contributed by atoms with van der Waals surface area (Å²) in [6.07, 6.45) is 1.18. The largest absolute Gasteiger partial charge is 0.298 e. The van der Waals surface area contributed by atoms with Crippen LogP contribution in [0.5, 0.6) is 0 Å². The first-order chi connectivity index (χ1) is 7.67.